The molecule has 0 aliphatic carbocycles. The molecule has 26 heavy (non-hydrogen) atoms. The van der Waals surface area contributed by atoms with Crippen LogP contribution in [0.5, 0.6) is 0 Å². The molecule has 1 aliphatic heterocycles. The maximum Gasteiger partial charge on any atom is 0.236 e. The van der Waals surface area contributed by atoms with Crippen molar-refractivity contribution in [3.63, 3.8) is 0 Å². The highest BCUT2D eigenvalue weighted by atomic mass is 16.5. The van der Waals surface area contributed by atoms with Gasteiger partial charge in [-0.25, -0.2) is 9.97 Å². The summed E-state index contributed by atoms with van der Waals surface area (Å²) in [6, 6.07) is 2.07. The minimum atomic E-state index is -0.147. The number of anilines is 1. The molecule has 0 radical (unpaired) electrons. The Bertz CT molecular complexity index is 918. The molecule has 4 rings (SSSR count). The predicted octanol–water partition coefficient (Wildman–Crippen LogP) is 2.31. The van der Waals surface area contributed by atoms with Gasteiger partial charge >= 0.3 is 0 Å². The van der Waals surface area contributed by atoms with Gasteiger partial charge in [0.2, 0.25) is 11.8 Å². The number of fused-ring (bicyclic) bond motifs is 1. The lowest BCUT2D eigenvalue weighted by atomic mass is 9.95. The summed E-state index contributed by atoms with van der Waals surface area (Å²) in [5.41, 5.74) is 0.744. The largest absolute Gasteiger partial charge is 0.424 e. The zero-order chi connectivity index (χ0) is 18.3. The van der Waals surface area contributed by atoms with Gasteiger partial charge in [0.25, 0.3) is 0 Å². The summed E-state index contributed by atoms with van der Waals surface area (Å²) in [5.74, 6) is 2.94. The van der Waals surface area contributed by atoms with E-state index >= 15 is 0 Å². The van der Waals surface area contributed by atoms with Gasteiger partial charge in [0.15, 0.2) is 0 Å². The van der Waals surface area contributed by atoms with Crippen molar-refractivity contribution in [3.05, 3.63) is 29.9 Å². The molecule has 4 heterocycles. The zero-order valence-corrected chi connectivity index (χ0v) is 15.7. The van der Waals surface area contributed by atoms with Gasteiger partial charge in [-0.2, -0.15) is 0 Å². The van der Waals surface area contributed by atoms with Crippen molar-refractivity contribution in [2.45, 2.75) is 39.7 Å². The highest BCUT2D eigenvalue weighted by Crippen LogP contribution is 2.30. The number of aryl methyl sites for hydroxylation is 1. The maximum atomic E-state index is 5.54. The molecule has 138 valence electrons. The fraction of sp³-hybridized carbons (Fsp3) is 0.556. The Morgan fingerprint density at radius 3 is 2.54 bits per heavy atom. The lowest BCUT2D eigenvalue weighted by molar-refractivity contribution is 0.122. The van der Waals surface area contributed by atoms with Crippen LogP contribution in [0.2, 0.25) is 0 Å². The molecule has 3 aromatic rings. The van der Waals surface area contributed by atoms with Crippen LogP contribution in [-0.2, 0) is 16.7 Å². The third kappa shape index (κ3) is 3.16. The minimum Gasteiger partial charge on any atom is -0.424 e. The van der Waals surface area contributed by atoms with E-state index in [9.17, 15) is 0 Å². The summed E-state index contributed by atoms with van der Waals surface area (Å²) in [6.07, 6.45) is 2.01. The minimum absolute atomic E-state index is 0.147. The van der Waals surface area contributed by atoms with E-state index in [1.165, 1.54) is 0 Å². The number of hydrogen-bond donors (Lipinski definition) is 0. The molecule has 0 saturated carbocycles. The first-order chi connectivity index (χ1) is 12.4. The Morgan fingerprint density at radius 1 is 1.12 bits per heavy atom. The SMILES string of the molecule is Cc1nnc(Cn2ccc3c(N4CCOCC4)nc(C(C)(C)C)nc32)o1. The maximum absolute atomic E-state index is 5.54. The van der Waals surface area contributed by atoms with E-state index in [2.05, 4.69) is 41.9 Å². The van der Waals surface area contributed by atoms with Gasteiger partial charge in [0.05, 0.1) is 18.6 Å². The van der Waals surface area contributed by atoms with Crippen molar-refractivity contribution < 1.29 is 9.15 Å². The smallest absolute Gasteiger partial charge is 0.236 e. The molecule has 0 amide bonds. The second-order valence-corrected chi connectivity index (χ2v) is 7.62. The van der Waals surface area contributed by atoms with Crippen molar-refractivity contribution in [1.29, 1.82) is 0 Å². The average molecular weight is 356 g/mol. The summed E-state index contributed by atoms with van der Waals surface area (Å²) in [7, 11) is 0. The van der Waals surface area contributed by atoms with Crippen LogP contribution in [0.1, 0.15) is 38.4 Å². The van der Waals surface area contributed by atoms with Crippen LogP contribution < -0.4 is 4.90 Å². The second-order valence-electron chi connectivity index (χ2n) is 7.62. The van der Waals surface area contributed by atoms with E-state index in [1.54, 1.807) is 6.92 Å². The first kappa shape index (κ1) is 17.0. The van der Waals surface area contributed by atoms with Gasteiger partial charge in [0, 0.05) is 31.6 Å². The molecule has 0 aromatic carbocycles. The van der Waals surface area contributed by atoms with Crippen LogP contribution in [0.4, 0.5) is 5.82 Å². The monoisotopic (exact) mass is 356 g/mol. The second kappa shape index (κ2) is 6.35. The molecular weight excluding hydrogens is 332 g/mol. The third-order valence-electron chi connectivity index (χ3n) is 4.45. The van der Waals surface area contributed by atoms with Crippen LogP contribution in [0.15, 0.2) is 16.7 Å². The number of ether oxygens (including phenoxy) is 1. The average Bonchev–Trinajstić information content (AvgIpc) is 3.21. The van der Waals surface area contributed by atoms with Crippen LogP contribution in [0.3, 0.4) is 0 Å². The van der Waals surface area contributed by atoms with E-state index in [0.29, 0.717) is 18.3 Å². The molecule has 8 nitrogen and oxygen atoms in total. The van der Waals surface area contributed by atoms with Gasteiger partial charge < -0.3 is 18.6 Å². The van der Waals surface area contributed by atoms with Gasteiger partial charge in [-0.15, -0.1) is 10.2 Å². The van der Waals surface area contributed by atoms with E-state index in [-0.39, 0.29) is 5.41 Å². The summed E-state index contributed by atoms with van der Waals surface area (Å²) in [6.45, 7) is 11.8. The van der Waals surface area contributed by atoms with Crippen molar-refractivity contribution in [2.75, 3.05) is 31.2 Å². The highest BCUT2D eigenvalue weighted by molar-refractivity contribution is 5.88. The Hall–Kier alpha value is -2.48. The van der Waals surface area contributed by atoms with Crippen molar-refractivity contribution in [2.24, 2.45) is 0 Å². The standard InChI is InChI=1S/C18H24N6O2/c1-12-21-22-14(26-12)11-24-6-5-13-15(23-7-9-25-10-8-23)19-17(18(2,3)4)20-16(13)24/h5-6H,7-11H2,1-4H3. The normalized spacial score (nSPS) is 15.8. The summed E-state index contributed by atoms with van der Waals surface area (Å²) >= 11 is 0. The first-order valence-electron chi connectivity index (χ1n) is 8.91. The molecule has 3 aromatic heterocycles. The summed E-state index contributed by atoms with van der Waals surface area (Å²) in [5, 5.41) is 9.05. The van der Waals surface area contributed by atoms with Gasteiger partial charge in [-0.05, 0) is 6.07 Å². The molecule has 0 atom stereocenters. The molecule has 1 fully saturated rings. The zero-order valence-electron chi connectivity index (χ0n) is 15.7. The topological polar surface area (TPSA) is 82.1 Å². The van der Waals surface area contributed by atoms with Gasteiger partial charge in [-0.1, -0.05) is 20.8 Å². The summed E-state index contributed by atoms with van der Waals surface area (Å²) in [4.78, 5) is 12.1. The Labute approximate surface area is 152 Å². The Balaban J connectivity index is 1.82. The lowest BCUT2D eigenvalue weighted by Gasteiger charge is -2.29. The Morgan fingerprint density at radius 2 is 1.88 bits per heavy atom. The number of rotatable bonds is 3. The molecule has 1 saturated heterocycles. The van der Waals surface area contributed by atoms with Crippen LogP contribution in [0.25, 0.3) is 11.0 Å². The Kier molecular flexibility index (Phi) is 4.14. The van der Waals surface area contributed by atoms with Gasteiger partial charge in [0.1, 0.15) is 23.8 Å². The molecule has 0 bridgehead atoms. The quantitative estimate of drug-likeness (QED) is 0.712. The lowest BCUT2D eigenvalue weighted by Crippen LogP contribution is -2.37. The highest BCUT2D eigenvalue weighted by Gasteiger charge is 2.24. The summed E-state index contributed by atoms with van der Waals surface area (Å²) < 4.78 is 13.1. The molecule has 0 N–H and O–H groups in total. The molecule has 0 unspecified atom stereocenters. The van der Waals surface area contributed by atoms with Crippen molar-refractivity contribution >= 4 is 16.9 Å². The number of nitrogens with zero attached hydrogens (tertiary/aromatic N) is 6. The molecular formula is C18H24N6O2. The van der Waals surface area contributed by atoms with Crippen molar-refractivity contribution in [1.82, 2.24) is 24.7 Å². The molecule has 0 spiro atoms. The fourth-order valence-electron chi connectivity index (χ4n) is 3.08. The van der Waals surface area contributed by atoms with Crippen LogP contribution >= 0.6 is 0 Å². The molecule has 1 aliphatic rings. The van der Waals surface area contributed by atoms with Crippen LogP contribution in [-0.4, -0.2) is 51.0 Å². The van der Waals surface area contributed by atoms with E-state index in [0.717, 1.165) is 49.0 Å². The first-order valence-corrected chi connectivity index (χ1v) is 8.91. The number of morpholine rings is 1. The number of aromatic nitrogens is 5. The van der Waals surface area contributed by atoms with Crippen LogP contribution in [0, 0.1) is 6.92 Å². The van der Waals surface area contributed by atoms with E-state index in [1.807, 2.05) is 10.8 Å². The fourth-order valence-corrected chi connectivity index (χ4v) is 3.08. The third-order valence-corrected chi connectivity index (χ3v) is 4.45. The van der Waals surface area contributed by atoms with E-state index < -0.39 is 0 Å². The number of hydrogen-bond acceptors (Lipinski definition) is 7. The van der Waals surface area contributed by atoms with Crippen molar-refractivity contribution in [3.8, 4) is 0 Å². The van der Waals surface area contributed by atoms with Gasteiger partial charge in [-0.3, -0.25) is 0 Å². The molecule has 8 heteroatoms. The predicted molar refractivity (Wildman–Crippen MR) is 97.4 cm³/mol. The van der Waals surface area contributed by atoms with E-state index in [4.69, 9.17) is 19.1 Å².